The van der Waals surface area contributed by atoms with E-state index < -0.39 is 29.8 Å². The number of rotatable bonds is 4. The molecular weight excluding hydrogens is 328 g/mol. The molecule has 0 fully saturated rings. The largest absolute Gasteiger partial charge is 0.497 e. The molecule has 0 amide bonds. The van der Waals surface area contributed by atoms with Crippen molar-refractivity contribution in [2.24, 2.45) is 0 Å². The van der Waals surface area contributed by atoms with Crippen molar-refractivity contribution < 1.29 is 29.6 Å². The Labute approximate surface area is 143 Å². The average molecular weight is 348 g/mol. The molecule has 0 radical (unpaired) electrons. The number of aliphatic hydroxyl groups is 4. The average Bonchev–Trinajstić information content (AvgIpc) is 2.62. The van der Waals surface area contributed by atoms with Crippen LogP contribution in [-0.2, 0) is 12.8 Å². The number of hydrogen-bond donors (Lipinski definition) is 4. The van der Waals surface area contributed by atoms with E-state index in [0.29, 0.717) is 18.6 Å². The quantitative estimate of drug-likeness (QED) is 0.624. The Morgan fingerprint density at radius 2 is 1.64 bits per heavy atom. The third-order valence-electron chi connectivity index (χ3n) is 4.44. The molecule has 1 aliphatic rings. The number of benzene rings is 1. The lowest BCUT2D eigenvalue weighted by Gasteiger charge is -2.32. The third-order valence-corrected chi connectivity index (χ3v) is 4.44. The van der Waals surface area contributed by atoms with Gasteiger partial charge >= 0.3 is 0 Å². The predicted octanol–water partition coefficient (Wildman–Crippen LogP) is 0.236. The fraction of sp³-hybridized carbons (Fsp3) is 0.389. The molecule has 4 atom stereocenters. The minimum Gasteiger partial charge on any atom is -0.497 e. The smallest absolute Gasteiger partial charge is 0.191 e. The van der Waals surface area contributed by atoms with Crippen molar-refractivity contribution >= 4 is 0 Å². The number of ether oxygens (including phenoxy) is 1. The zero-order valence-electron chi connectivity index (χ0n) is 13.6. The van der Waals surface area contributed by atoms with Crippen LogP contribution in [-0.4, -0.2) is 39.7 Å². The number of methoxy groups -OCH3 is 1. The molecule has 25 heavy (non-hydrogen) atoms. The molecule has 4 N–H and O–H groups in total. The standard InChI is InChI=1S/C18H20O7/c1-24-10-5-2-9(3-6-10)4-7-11-8-12(19)13-14(20)15(21)16(22)17(23)18(13)25-11/h2-3,5-6,8,14-17,20-23H,4,7H2,1H3/t14-,15-,16-,17+/m0/s1. The molecule has 0 bridgehead atoms. The molecule has 0 unspecified atom stereocenters. The zero-order valence-corrected chi connectivity index (χ0v) is 13.6. The van der Waals surface area contributed by atoms with Crippen molar-refractivity contribution in [2.75, 3.05) is 7.11 Å². The van der Waals surface area contributed by atoms with Crippen molar-refractivity contribution in [3.05, 3.63) is 63.2 Å². The Morgan fingerprint density at radius 3 is 2.28 bits per heavy atom. The highest BCUT2D eigenvalue weighted by molar-refractivity contribution is 5.30. The fourth-order valence-electron chi connectivity index (χ4n) is 2.96. The van der Waals surface area contributed by atoms with E-state index in [0.717, 1.165) is 11.3 Å². The predicted molar refractivity (Wildman–Crippen MR) is 87.3 cm³/mol. The van der Waals surface area contributed by atoms with Gasteiger partial charge in [0.2, 0.25) is 0 Å². The fourth-order valence-corrected chi connectivity index (χ4v) is 2.96. The molecule has 0 saturated heterocycles. The summed E-state index contributed by atoms with van der Waals surface area (Å²) in [6, 6.07) is 8.69. The van der Waals surface area contributed by atoms with E-state index in [9.17, 15) is 25.2 Å². The Balaban J connectivity index is 1.84. The van der Waals surface area contributed by atoms with E-state index in [1.54, 1.807) is 7.11 Å². The Hall–Kier alpha value is -2.19. The topological polar surface area (TPSA) is 120 Å². The normalized spacial score (nSPS) is 25.5. The molecule has 1 aliphatic carbocycles. The zero-order chi connectivity index (χ0) is 18.1. The molecular formula is C18H20O7. The van der Waals surface area contributed by atoms with Gasteiger partial charge in [-0.3, -0.25) is 4.79 Å². The van der Waals surface area contributed by atoms with Gasteiger partial charge in [-0.2, -0.15) is 0 Å². The van der Waals surface area contributed by atoms with Crippen LogP contribution in [0.15, 0.2) is 39.5 Å². The van der Waals surface area contributed by atoms with E-state index in [2.05, 4.69) is 0 Å². The van der Waals surface area contributed by atoms with Gasteiger partial charge in [0.05, 0.1) is 12.7 Å². The van der Waals surface area contributed by atoms with Gasteiger partial charge in [-0.25, -0.2) is 0 Å². The maximum absolute atomic E-state index is 12.2. The van der Waals surface area contributed by atoms with Crippen LogP contribution in [0.5, 0.6) is 5.75 Å². The van der Waals surface area contributed by atoms with Gasteiger partial charge in [0.15, 0.2) is 5.43 Å². The van der Waals surface area contributed by atoms with Crippen LogP contribution in [0.2, 0.25) is 0 Å². The van der Waals surface area contributed by atoms with Gasteiger partial charge in [0.1, 0.15) is 41.7 Å². The summed E-state index contributed by atoms with van der Waals surface area (Å²) in [4.78, 5) is 12.2. The first-order valence-electron chi connectivity index (χ1n) is 7.94. The van der Waals surface area contributed by atoms with Crippen molar-refractivity contribution in [1.82, 2.24) is 0 Å². The van der Waals surface area contributed by atoms with Crippen molar-refractivity contribution in [2.45, 2.75) is 37.3 Å². The molecule has 134 valence electrons. The summed E-state index contributed by atoms with van der Waals surface area (Å²) < 4.78 is 10.6. The lowest BCUT2D eigenvalue weighted by atomic mass is 9.87. The van der Waals surface area contributed by atoms with E-state index in [-0.39, 0.29) is 11.3 Å². The molecule has 7 heteroatoms. The maximum atomic E-state index is 12.2. The summed E-state index contributed by atoms with van der Waals surface area (Å²) in [7, 11) is 1.59. The first-order valence-corrected chi connectivity index (χ1v) is 7.94. The first-order chi connectivity index (χ1) is 11.9. The van der Waals surface area contributed by atoms with Crippen molar-refractivity contribution in [1.29, 1.82) is 0 Å². The number of fused-ring (bicyclic) bond motifs is 1. The molecule has 1 aromatic heterocycles. The summed E-state index contributed by atoms with van der Waals surface area (Å²) in [6.07, 6.45) is -5.44. The van der Waals surface area contributed by atoms with Crippen LogP contribution in [0.3, 0.4) is 0 Å². The summed E-state index contributed by atoms with van der Waals surface area (Å²) in [5.41, 5.74) is 0.263. The third kappa shape index (κ3) is 3.32. The van der Waals surface area contributed by atoms with Gasteiger partial charge in [0, 0.05) is 12.5 Å². The molecule has 3 rings (SSSR count). The molecule has 0 saturated carbocycles. The van der Waals surface area contributed by atoms with E-state index in [4.69, 9.17) is 9.15 Å². The van der Waals surface area contributed by atoms with Gasteiger partial charge in [-0.15, -0.1) is 0 Å². The maximum Gasteiger partial charge on any atom is 0.191 e. The van der Waals surface area contributed by atoms with Crippen LogP contribution in [0.25, 0.3) is 0 Å². The summed E-state index contributed by atoms with van der Waals surface area (Å²) >= 11 is 0. The lowest BCUT2D eigenvalue weighted by molar-refractivity contribution is -0.128. The van der Waals surface area contributed by atoms with Crippen LogP contribution in [0.1, 0.15) is 34.9 Å². The number of hydrogen-bond acceptors (Lipinski definition) is 7. The number of aliphatic hydroxyl groups excluding tert-OH is 4. The first kappa shape index (κ1) is 17.6. The molecule has 1 heterocycles. The second kappa shape index (κ2) is 6.97. The van der Waals surface area contributed by atoms with Crippen molar-refractivity contribution in [3.8, 4) is 5.75 Å². The van der Waals surface area contributed by atoms with Crippen molar-refractivity contribution in [3.63, 3.8) is 0 Å². The molecule has 7 nitrogen and oxygen atoms in total. The van der Waals surface area contributed by atoms with Gasteiger partial charge in [-0.05, 0) is 24.1 Å². The minimum atomic E-state index is -1.64. The van der Waals surface area contributed by atoms with Gasteiger partial charge in [-0.1, -0.05) is 12.1 Å². The Morgan fingerprint density at radius 1 is 1.00 bits per heavy atom. The second-order valence-electron chi connectivity index (χ2n) is 6.07. The minimum absolute atomic E-state index is 0.192. The SMILES string of the molecule is COc1ccc(CCc2cc(=O)c3c(o2)[C@H](O)[C@@H](O)[C@@H](O)[C@H]3O)cc1. The molecule has 0 aliphatic heterocycles. The monoisotopic (exact) mass is 348 g/mol. The Kier molecular flexibility index (Phi) is 4.91. The highest BCUT2D eigenvalue weighted by Gasteiger charge is 2.43. The Bertz CT molecular complexity index is 796. The summed E-state index contributed by atoms with van der Waals surface area (Å²) in [5, 5.41) is 39.5. The lowest BCUT2D eigenvalue weighted by Crippen LogP contribution is -2.44. The van der Waals surface area contributed by atoms with Crippen LogP contribution in [0.4, 0.5) is 0 Å². The van der Waals surface area contributed by atoms with E-state index in [1.165, 1.54) is 6.07 Å². The van der Waals surface area contributed by atoms with E-state index in [1.807, 2.05) is 24.3 Å². The van der Waals surface area contributed by atoms with Gasteiger partial charge < -0.3 is 29.6 Å². The summed E-state index contributed by atoms with van der Waals surface area (Å²) in [5.74, 6) is 0.880. The molecule has 2 aromatic rings. The van der Waals surface area contributed by atoms with E-state index >= 15 is 0 Å². The summed E-state index contributed by atoms with van der Waals surface area (Å²) in [6.45, 7) is 0. The molecule has 1 aromatic carbocycles. The molecule has 0 spiro atoms. The number of aryl methyl sites for hydroxylation is 2. The highest BCUT2D eigenvalue weighted by Crippen LogP contribution is 2.35. The van der Waals surface area contributed by atoms with Crippen LogP contribution >= 0.6 is 0 Å². The van der Waals surface area contributed by atoms with Gasteiger partial charge in [0.25, 0.3) is 0 Å². The van der Waals surface area contributed by atoms with Crippen LogP contribution in [0, 0.1) is 0 Å². The van der Waals surface area contributed by atoms with Crippen LogP contribution < -0.4 is 10.2 Å². The highest BCUT2D eigenvalue weighted by atomic mass is 16.5. The second-order valence-corrected chi connectivity index (χ2v) is 6.07.